The van der Waals surface area contributed by atoms with Gasteiger partial charge >= 0.3 is 0 Å². The third kappa shape index (κ3) is 1.95. The molecule has 0 bridgehead atoms. The van der Waals surface area contributed by atoms with Crippen LogP contribution in [0.25, 0.3) is 0 Å². The van der Waals surface area contributed by atoms with Gasteiger partial charge in [0.2, 0.25) is 12.5 Å². The SMILES string of the molecule is COc1cc2c(c3c1OCO3)C(c1ccccc1)=NC(C)C2. The van der Waals surface area contributed by atoms with Gasteiger partial charge in [0.15, 0.2) is 11.5 Å². The maximum atomic E-state index is 5.74. The van der Waals surface area contributed by atoms with Crippen LogP contribution in [0.15, 0.2) is 41.4 Å². The van der Waals surface area contributed by atoms with Crippen molar-refractivity contribution in [2.45, 2.75) is 19.4 Å². The van der Waals surface area contributed by atoms with Gasteiger partial charge in [-0.15, -0.1) is 0 Å². The van der Waals surface area contributed by atoms with Crippen molar-refractivity contribution in [3.05, 3.63) is 53.1 Å². The van der Waals surface area contributed by atoms with Crippen LogP contribution < -0.4 is 14.2 Å². The molecule has 112 valence electrons. The number of nitrogens with zero attached hydrogens (tertiary/aromatic N) is 1. The highest BCUT2D eigenvalue weighted by Gasteiger charge is 2.31. The molecule has 2 aromatic carbocycles. The van der Waals surface area contributed by atoms with Crippen LogP contribution in [-0.2, 0) is 6.42 Å². The Bertz CT molecular complexity index is 753. The highest BCUT2D eigenvalue weighted by atomic mass is 16.7. The van der Waals surface area contributed by atoms with Crippen molar-refractivity contribution in [1.82, 2.24) is 0 Å². The smallest absolute Gasteiger partial charge is 0.231 e. The van der Waals surface area contributed by atoms with E-state index in [1.54, 1.807) is 7.11 Å². The molecule has 0 saturated carbocycles. The molecule has 2 heterocycles. The van der Waals surface area contributed by atoms with Gasteiger partial charge in [-0.25, -0.2) is 0 Å². The summed E-state index contributed by atoms with van der Waals surface area (Å²) in [7, 11) is 1.65. The van der Waals surface area contributed by atoms with Crippen LogP contribution in [-0.4, -0.2) is 25.7 Å². The first-order valence-electron chi connectivity index (χ1n) is 7.41. The van der Waals surface area contributed by atoms with E-state index in [4.69, 9.17) is 19.2 Å². The number of methoxy groups -OCH3 is 1. The van der Waals surface area contributed by atoms with Crippen LogP contribution in [0.2, 0.25) is 0 Å². The molecule has 0 aliphatic carbocycles. The third-order valence-corrected chi connectivity index (χ3v) is 4.06. The van der Waals surface area contributed by atoms with Gasteiger partial charge in [0.05, 0.1) is 24.4 Å². The van der Waals surface area contributed by atoms with E-state index in [9.17, 15) is 0 Å². The first-order valence-corrected chi connectivity index (χ1v) is 7.41. The molecule has 2 aliphatic rings. The van der Waals surface area contributed by atoms with E-state index in [2.05, 4.69) is 25.1 Å². The molecule has 0 fully saturated rings. The second kappa shape index (κ2) is 5.05. The summed E-state index contributed by atoms with van der Waals surface area (Å²) in [5, 5.41) is 0. The fourth-order valence-corrected chi connectivity index (χ4v) is 3.12. The Balaban J connectivity index is 1.96. The summed E-state index contributed by atoms with van der Waals surface area (Å²) in [6.07, 6.45) is 0.874. The van der Waals surface area contributed by atoms with E-state index >= 15 is 0 Å². The zero-order valence-electron chi connectivity index (χ0n) is 12.6. The Hall–Kier alpha value is -2.49. The number of hydrogen-bond acceptors (Lipinski definition) is 4. The van der Waals surface area contributed by atoms with Gasteiger partial charge in [-0.05, 0) is 25.0 Å². The first-order chi connectivity index (χ1) is 10.8. The Labute approximate surface area is 129 Å². The third-order valence-electron chi connectivity index (χ3n) is 4.06. The lowest BCUT2D eigenvalue weighted by Gasteiger charge is -2.23. The summed E-state index contributed by atoms with van der Waals surface area (Å²) in [5.74, 6) is 2.16. The van der Waals surface area contributed by atoms with Gasteiger partial charge in [-0.2, -0.15) is 0 Å². The number of aliphatic imine (C=N–C) groups is 1. The van der Waals surface area contributed by atoms with Crippen molar-refractivity contribution in [2.24, 2.45) is 4.99 Å². The van der Waals surface area contributed by atoms with E-state index in [-0.39, 0.29) is 12.8 Å². The van der Waals surface area contributed by atoms with E-state index in [0.717, 1.165) is 34.8 Å². The van der Waals surface area contributed by atoms with Crippen molar-refractivity contribution >= 4 is 5.71 Å². The van der Waals surface area contributed by atoms with Crippen LogP contribution in [0.1, 0.15) is 23.6 Å². The van der Waals surface area contributed by atoms with Gasteiger partial charge in [-0.1, -0.05) is 30.3 Å². The van der Waals surface area contributed by atoms with Crippen LogP contribution >= 0.6 is 0 Å². The summed E-state index contributed by atoms with van der Waals surface area (Å²) < 4.78 is 16.8. The molecule has 0 saturated heterocycles. The van der Waals surface area contributed by atoms with Gasteiger partial charge in [0.1, 0.15) is 0 Å². The number of fused-ring (bicyclic) bond motifs is 3. The minimum absolute atomic E-state index is 0.222. The van der Waals surface area contributed by atoms with Gasteiger partial charge in [0.25, 0.3) is 0 Å². The number of hydrogen-bond donors (Lipinski definition) is 0. The van der Waals surface area contributed by atoms with Crippen LogP contribution in [0.3, 0.4) is 0 Å². The first kappa shape index (κ1) is 13.2. The summed E-state index contributed by atoms with van der Waals surface area (Å²) in [6.45, 7) is 2.35. The molecular formula is C18H17NO3. The molecule has 22 heavy (non-hydrogen) atoms. The lowest BCUT2D eigenvalue weighted by Crippen LogP contribution is -2.20. The van der Waals surface area contributed by atoms with Gasteiger partial charge in [-0.3, -0.25) is 4.99 Å². The highest BCUT2D eigenvalue weighted by Crippen LogP contribution is 2.47. The molecule has 0 N–H and O–H groups in total. The number of rotatable bonds is 2. The summed E-state index contributed by atoms with van der Waals surface area (Å²) in [5.41, 5.74) is 4.30. The van der Waals surface area contributed by atoms with Gasteiger partial charge < -0.3 is 14.2 Å². The van der Waals surface area contributed by atoms with Crippen LogP contribution in [0, 0.1) is 0 Å². The number of benzene rings is 2. The predicted octanol–water partition coefficient (Wildman–Crippen LogP) is 3.21. The Morgan fingerprint density at radius 1 is 1.14 bits per heavy atom. The molecule has 0 amide bonds. The summed E-state index contributed by atoms with van der Waals surface area (Å²) >= 11 is 0. The molecule has 4 heteroatoms. The molecule has 2 aliphatic heterocycles. The van der Waals surface area contributed by atoms with Crippen molar-refractivity contribution in [1.29, 1.82) is 0 Å². The van der Waals surface area contributed by atoms with E-state index in [1.165, 1.54) is 5.56 Å². The maximum absolute atomic E-state index is 5.74. The average molecular weight is 295 g/mol. The lowest BCUT2D eigenvalue weighted by atomic mass is 9.89. The highest BCUT2D eigenvalue weighted by molar-refractivity contribution is 6.16. The maximum Gasteiger partial charge on any atom is 0.231 e. The second-order valence-electron chi connectivity index (χ2n) is 5.57. The fraction of sp³-hybridized carbons (Fsp3) is 0.278. The van der Waals surface area contributed by atoms with Crippen molar-refractivity contribution < 1.29 is 14.2 Å². The largest absolute Gasteiger partial charge is 0.493 e. The Morgan fingerprint density at radius 3 is 2.68 bits per heavy atom. The lowest BCUT2D eigenvalue weighted by molar-refractivity contribution is 0.171. The molecule has 4 nitrogen and oxygen atoms in total. The summed E-state index contributed by atoms with van der Waals surface area (Å²) in [6, 6.07) is 12.5. The molecule has 4 rings (SSSR count). The molecule has 2 aromatic rings. The Kier molecular flexibility index (Phi) is 3.03. The van der Waals surface area contributed by atoms with E-state index in [1.807, 2.05) is 18.2 Å². The normalized spacial score (nSPS) is 18.6. The minimum atomic E-state index is 0.222. The second-order valence-corrected chi connectivity index (χ2v) is 5.57. The standard InChI is InChI=1S/C18H17NO3/c1-11-8-13-9-14(20-2)17-18(22-10-21-17)15(13)16(19-11)12-6-4-3-5-7-12/h3-7,9,11H,8,10H2,1-2H3. The minimum Gasteiger partial charge on any atom is -0.493 e. The molecule has 0 aromatic heterocycles. The summed E-state index contributed by atoms with van der Waals surface area (Å²) in [4.78, 5) is 4.87. The molecular weight excluding hydrogens is 278 g/mol. The Morgan fingerprint density at radius 2 is 1.91 bits per heavy atom. The van der Waals surface area contributed by atoms with Crippen molar-refractivity contribution in [2.75, 3.05) is 13.9 Å². The molecule has 1 atom stereocenters. The van der Waals surface area contributed by atoms with Crippen LogP contribution in [0.5, 0.6) is 17.2 Å². The molecule has 1 unspecified atom stereocenters. The molecule has 0 spiro atoms. The van der Waals surface area contributed by atoms with Crippen LogP contribution in [0.4, 0.5) is 0 Å². The monoisotopic (exact) mass is 295 g/mol. The quantitative estimate of drug-likeness (QED) is 0.854. The van der Waals surface area contributed by atoms with E-state index in [0.29, 0.717) is 5.75 Å². The zero-order valence-corrected chi connectivity index (χ0v) is 12.6. The zero-order chi connectivity index (χ0) is 15.1. The van der Waals surface area contributed by atoms with Crippen molar-refractivity contribution in [3.63, 3.8) is 0 Å². The average Bonchev–Trinajstić information content (AvgIpc) is 3.03. The number of ether oxygens (including phenoxy) is 3. The predicted molar refractivity (Wildman–Crippen MR) is 84.4 cm³/mol. The van der Waals surface area contributed by atoms with Crippen molar-refractivity contribution in [3.8, 4) is 17.2 Å². The fourth-order valence-electron chi connectivity index (χ4n) is 3.12. The molecule has 0 radical (unpaired) electrons. The van der Waals surface area contributed by atoms with Gasteiger partial charge in [0, 0.05) is 5.56 Å². The topological polar surface area (TPSA) is 40.0 Å². The van der Waals surface area contributed by atoms with E-state index < -0.39 is 0 Å².